The van der Waals surface area contributed by atoms with Gasteiger partial charge in [-0.3, -0.25) is 0 Å². The lowest BCUT2D eigenvalue weighted by Gasteiger charge is -2.30. The number of aliphatic hydroxyl groups excluding tert-OH is 1. The molecule has 0 aromatic rings. The minimum Gasteiger partial charge on any atom is -0.392 e. The fourth-order valence-corrected chi connectivity index (χ4v) is 1.79. The van der Waals surface area contributed by atoms with Crippen LogP contribution < -0.4 is 5.32 Å². The van der Waals surface area contributed by atoms with Gasteiger partial charge in [0, 0.05) is 25.4 Å². The van der Waals surface area contributed by atoms with Gasteiger partial charge in [0.05, 0.1) is 6.10 Å². The minimum absolute atomic E-state index is 0.0154. The molecule has 1 aliphatic rings. The number of rotatable bonds is 4. The van der Waals surface area contributed by atoms with Crippen molar-refractivity contribution in [3.63, 3.8) is 0 Å². The molecule has 2 nitrogen and oxygen atoms in total. The highest BCUT2D eigenvalue weighted by molar-refractivity contribution is 4.83. The maximum atomic E-state index is 13.0. The van der Waals surface area contributed by atoms with Crippen molar-refractivity contribution in [2.24, 2.45) is 0 Å². The van der Waals surface area contributed by atoms with Crippen LogP contribution in [-0.2, 0) is 0 Å². The summed E-state index contributed by atoms with van der Waals surface area (Å²) >= 11 is 0. The molecule has 0 spiro atoms. The number of halogens is 2. The van der Waals surface area contributed by atoms with Gasteiger partial charge in [-0.1, -0.05) is 6.92 Å². The van der Waals surface area contributed by atoms with Crippen molar-refractivity contribution >= 4 is 0 Å². The van der Waals surface area contributed by atoms with E-state index in [0.29, 0.717) is 19.4 Å². The molecule has 2 atom stereocenters. The van der Waals surface area contributed by atoms with Crippen molar-refractivity contribution in [3.05, 3.63) is 0 Å². The van der Waals surface area contributed by atoms with Gasteiger partial charge in [-0.15, -0.1) is 0 Å². The van der Waals surface area contributed by atoms with Crippen LogP contribution in [0.3, 0.4) is 0 Å². The van der Waals surface area contributed by atoms with E-state index >= 15 is 0 Å². The first kappa shape index (κ1) is 11.9. The standard InChI is InChI=1S/C10H19F2NO/c1-2-9(14)7-13-8-4-3-5-10(11,12)6-8/h8-9,13-14H,2-7H2,1H3/t8-,9-/m0/s1. The number of alkyl halides is 2. The molecule has 0 aromatic carbocycles. The summed E-state index contributed by atoms with van der Waals surface area (Å²) in [7, 11) is 0. The molecule has 14 heavy (non-hydrogen) atoms. The van der Waals surface area contributed by atoms with E-state index in [1.807, 2.05) is 6.92 Å². The minimum atomic E-state index is -2.51. The third-order valence-corrected chi connectivity index (χ3v) is 2.75. The molecule has 0 aliphatic heterocycles. The Morgan fingerprint density at radius 3 is 2.86 bits per heavy atom. The number of hydrogen-bond acceptors (Lipinski definition) is 2. The van der Waals surface area contributed by atoms with E-state index in [1.165, 1.54) is 0 Å². The van der Waals surface area contributed by atoms with E-state index in [-0.39, 0.29) is 18.9 Å². The molecule has 1 rings (SSSR count). The van der Waals surface area contributed by atoms with Crippen molar-refractivity contribution in [3.8, 4) is 0 Å². The number of hydrogen-bond donors (Lipinski definition) is 2. The van der Waals surface area contributed by atoms with Gasteiger partial charge in [-0.25, -0.2) is 8.78 Å². The Hall–Kier alpha value is -0.220. The zero-order valence-corrected chi connectivity index (χ0v) is 8.60. The maximum Gasteiger partial charge on any atom is 0.249 e. The zero-order chi connectivity index (χ0) is 10.6. The molecule has 0 saturated heterocycles. The van der Waals surface area contributed by atoms with Crippen molar-refractivity contribution in [2.75, 3.05) is 6.54 Å². The smallest absolute Gasteiger partial charge is 0.249 e. The first-order chi connectivity index (χ1) is 6.53. The Kier molecular flexibility index (Phi) is 4.26. The Morgan fingerprint density at radius 2 is 2.29 bits per heavy atom. The Morgan fingerprint density at radius 1 is 1.57 bits per heavy atom. The predicted molar refractivity (Wildman–Crippen MR) is 51.5 cm³/mol. The van der Waals surface area contributed by atoms with Gasteiger partial charge >= 0.3 is 0 Å². The highest BCUT2D eigenvalue weighted by atomic mass is 19.3. The lowest BCUT2D eigenvalue weighted by Crippen LogP contribution is -2.42. The normalized spacial score (nSPS) is 28.7. The van der Waals surface area contributed by atoms with Crippen LogP contribution in [0.15, 0.2) is 0 Å². The van der Waals surface area contributed by atoms with Crippen LogP contribution in [0.1, 0.15) is 39.0 Å². The van der Waals surface area contributed by atoms with Crippen LogP contribution in [0.4, 0.5) is 8.78 Å². The molecular weight excluding hydrogens is 188 g/mol. The first-order valence-corrected chi connectivity index (χ1v) is 5.33. The summed E-state index contributed by atoms with van der Waals surface area (Å²) in [6, 6.07) is -0.125. The first-order valence-electron chi connectivity index (χ1n) is 5.33. The fourth-order valence-electron chi connectivity index (χ4n) is 1.79. The SMILES string of the molecule is CC[C@H](O)CN[C@H]1CCCC(F)(F)C1. The second kappa shape index (κ2) is 5.03. The molecule has 0 aromatic heterocycles. The van der Waals surface area contributed by atoms with Crippen molar-refractivity contribution in [1.29, 1.82) is 0 Å². The van der Waals surface area contributed by atoms with E-state index in [0.717, 1.165) is 6.42 Å². The molecule has 0 amide bonds. The summed E-state index contributed by atoms with van der Waals surface area (Å²) in [5, 5.41) is 12.3. The number of nitrogens with one attached hydrogen (secondary N) is 1. The van der Waals surface area contributed by atoms with Crippen LogP contribution in [0, 0.1) is 0 Å². The van der Waals surface area contributed by atoms with Crippen LogP contribution in [0.25, 0.3) is 0 Å². The molecule has 0 unspecified atom stereocenters. The summed E-state index contributed by atoms with van der Waals surface area (Å²) in [4.78, 5) is 0. The molecule has 1 fully saturated rings. The van der Waals surface area contributed by atoms with E-state index in [2.05, 4.69) is 5.32 Å². The molecule has 2 N–H and O–H groups in total. The Labute approximate surface area is 83.7 Å². The summed E-state index contributed by atoms with van der Waals surface area (Å²) in [6.07, 6.45) is 1.56. The van der Waals surface area contributed by atoms with Gasteiger partial charge in [0.2, 0.25) is 5.92 Å². The molecule has 0 heterocycles. The summed E-state index contributed by atoms with van der Waals surface area (Å²) in [5.74, 6) is -2.51. The summed E-state index contributed by atoms with van der Waals surface area (Å²) in [5.41, 5.74) is 0. The third kappa shape index (κ3) is 3.88. The molecule has 84 valence electrons. The van der Waals surface area contributed by atoms with Crippen molar-refractivity contribution < 1.29 is 13.9 Å². The topological polar surface area (TPSA) is 32.3 Å². The molecule has 1 saturated carbocycles. The van der Waals surface area contributed by atoms with Crippen molar-refractivity contribution in [2.45, 2.75) is 57.1 Å². The quantitative estimate of drug-likeness (QED) is 0.738. The average molecular weight is 207 g/mol. The molecule has 1 aliphatic carbocycles. The lowest BCUT2D eigenvalue weighted by molar-refractivity contribution is -0.0451. The highest BCUT2D eigenvalue weighted by Crippen LogP contribution is 2.32. The monoisotopic (exact) mass is 207 g/mol. The third-order valence-electron chi connectivity index (χ3n) is 2.75. The maximum absolute atomic E-state index is 13.0. The predicted octanol–water partition coefficient (Wildman–Crippen LogP) is 1.92. The van der Waals surface area contributed by atoms with Gasteiger partial charge in [-0.05, 0) is 19.3 Å². The van der Waals surface area contributed by atoms with Gasteiger partial charge in [-0.2, -0.15) is 0 Å². The average Bonchev–Trinajstić information content (AvgIpc) is 2.12. The van der Waals surface area contributed by atoms with Crippen LogP contribution in [-0.4, -0.2) is 29.7 Å². The summed E-state index contributed by atoms with van der Waals surface area (Å²) < 4.78 is 25.9. The number of aliphatic hydroxyl groups is 1. The van der Waals surface area contributed by atoms with E-state index in [1.54, 1.807) is 0 Å². The van der Waals surface area contributed by atoms with E-state index in [4.69, 9.17) is 0 Å². The highest BCUT2D eigenvalue weighted by Gasteiger charge is 2.35. The Bertz CT molecular complexity index is 176. The fraction of sp³-hybridized carbons (Fsp3) is 1.00. The van der Waals surface area contributed by atoms with Gasteiger partial charge in [0.1, 0.15) is 0 Å². The van der Waals surface area contributed by atoms with Gasteiger partial charge in [0.15, 0.2) is 0 Å². The second-order valence-corrected chi connectivity index (χ2v) is 4.12. The lowest BCUT2D eigenvalue weighted by atomic mass is 9.92. The van der Waals surface area contributed by atoms with Crippen LogP contribution in [0.5, 0.6) is 0 Å². The van der Waals surface area contributed by atoms with Crippen LogP contribution in [0.2, 0.25) is 0 Å². The van der Waals surface area contributed by atoms with Crippen LogP contribution >= 0.6 is 0 Å². The Balaban J connectivity index is 2.24. The van der Waals surface area contributed by atoms with Gasteiger partial charge in [0.25, 0.3) is 0 Å². The molecule has 4 heteroatoms. The molecule has 0 bridgehead atoms. The van der Waals surface area contributed by atoms with Gasteiger partial charge < -0.3 is 10.4 Å². The zero-order valence-electron chi connectivity index (χ0n) is 8.60. The largest absolute Gasteiger partial charge is 0.392 e. The molecule has 0 radical (unpaired) electrons. The second-order valence-electron chi connectivity index (χ2n) is 4.12. The summed E-state index contributed by atoms with van der Waals surface area (Å²) in [6.45, 7) is 2.30. The van der Waals surface area contributed by atoms with E-state index in [9.17, 15) is 13.9 Å². The molecular formula is C10H19F2NO. The van der Waals surface area contributed by atoms with Crippen molar-refractivity contribution in [1.82, 2.24) is 5.32 Å². The van der Waals surface area contributed by atoms with E-state index < -0.39 is 12.0 Å².